The molecule has 0 fully saturated rings. The zero-order valence-electron chi connectivity index (χ0n) is 8.42. The van der Waals surface area contributed by atoms with Crippen molar-refractivity contribution < 1.29 is 0 Å². The minimum atomic E-state index is 0.785. The molecule has 3 rings (SSSR count). The number of aromatic nitrogens is 1. The molecule has 0 aliphatic rings. The van der Waals surface area contributed by atoms with Gasteiger partial charge < -0.3 is 0 Å². The van der Waals surface area contributed by atoms with E-state index in [9.17, 15) is 0 Å². The number of hydrogen-bond donors (Lipinski definition) is 1. The van der Waals surface area contributed by atoms with Gasteiger partial charge in [0.15, 0.2) is 0 Å². The van der Waals surface area contributed by atoms with Crippen molar-refractivity contribution in [2.45, 2.75) is 5.03 Å². The van der Waals surface area contributed by atoms with E-state index in [1.165, 1.54) is 10.8 Å². The third kappa shape index (κ3) is 1.72. The van der Waals surface area contributed by atoms with E-state index in [2.05, 4.69) is 60.1 Å². The molecule has 0 amide bonds. The second-order valence-corrected chi connectivity index (χ2v) is 4.89. The van der Waals surface area contributed by atoms with Crippen molar-refractivity contribution in [3.05, 3.63) is 47.8 Å². The Hall–Kier alpha value is -1.32. The highest BCUT2D eigenvalue weighted by Gasteiger charge is 2.03. The fourth-order valence-electron chi connectivity index (χ4n) is 1.72. The van der Waals surface area contributed by atoms with E-state index in [0.29, 0.717) is 0 Å². The van der Waals surface area contributed by atoms with Crippen LogP contribution in [0.3, 0.4) is 0 Å². The predicted octanol–water partition coefficient (Wildman–Crippen LogP) is 4.25. The molecule has 1 nitrogen and oxygen atoms in total. The first-order valence-corrected chi connectivity index (χ1v) is 6.29. The van der Waals surface area contributed by atoms with Crippen LogP contribution in [0.15, 0.2) is 52.9 Å². The Labute approximate surface area is 103 Å². The molecule has 16 heavy (non-hydrogen) atoms. The number of hydrogen-bond acceptors (Lipinski definition) is 3. The van der Waals surface area contributed by atoms with Crippen LogP contribution in [-0.4, -0.2) is 4.98 Å². The normalized spacial score (nSPS) is 10.8. The summed E-state index contributed by atoms with van der Waals surface area (Å²) in [4.78, 5) is 4.37. The van der Waals surface area contributed by atoms with Gasteiger partial charge in [-0.25, -0.2) is 4.98 Å². The van der Waals surface area contributed by atoms with Crippen LogP contribution in [0.4, 0.5) is 0 Å². The summed E-state index contributed by atoms with van der Waals surface area (Å²) >= 11 is 5.85. The van der Waals surface area contributed by atoms with Gasteiger partial charge >= 0.3 is 0 Å². The van der Waals surface area contributed by atoms with Crippen LogP contribution in [-0.2, 0) is 0 Å². The van der Waals surface area contributed by atoms with Crippen LogP contribution < -0.4 is 0 Å². The largest absolute Gasteiger partial charge is 0.230 e. The Balaban J connectivity index is 2.18. The van der Waals surface area contributed by atoms with Crippen LogP contribution in [0.1, 0.15) is 0 Å². The van der Waals surface area contributed by atoms with E-state index in [1.54, 1.807) is 11.3 Å². The summed E-state index contributed by atoms with van der Waals surface area (Å²) in [6, 6.07) is 14.7. The van der Waals surface area contributed by atoms with E-state index >= 15 is 0 Å². The van der Waals surface area contributed by atoms with Crippen LogP contribution >= 0.6 is 24.0 Å². The Morgan fingerprint density at radius 3 is 2.56 bits per heavy atom. The molecule has 78 valence electrons. The second-order valence-electron chi connectivity index (χ2n) is 3.57. The molecule has 0 spiro atoms. The van der Waals surface area contributed by atoms with Crippen molar-refractivity contribution >= 4 is 34.7 Å². The van der Waals surface area contributed by atoms with Gasteiger partial charge in [-0.3, -0.25) is 0 Å². The number of fused-ring (bicyclic) bond motifs is 1. The van der Waals surface area contributed by atoms with Crippen LogP contribution in [0.5, 0.6) is 0 Å². The number of benzene rings is 2. The highest BCUT2D eigenvalue weighted by molar-refractivity contribution is 7.80. The SMILES string of the molecule is Sc1csc(-c2ccc3ccccc3c2)n1. The summed E-state index contributed by atoms with van der Waals surface area (Å²) in [6.07, 6.45) is 0. The standard InChI is InChI=1S/C13H9NS2/c15-12-8-16-13(14-12)11-6-5-9-3-1-2-4-10(9)7-11/h1-8,15H. The third-order valence-electron chi connectivity index (χ3n) is 2.49. The maximum atomic E-state index is 4.37. The minimum absolute atomic E-state index is 0.785. The van der Waals surface area contributed by atoms with Gasteiger partial charge in [-0.2, -0.15) is 0 Å². The number of rotatable bonds is 1. The predicted molar refractivity (Wildman–Crippen MR) is 72.3 cm³/mol. The summed E-state index contributed by atoms with van der Waals surface area (Å²) in [7, 11) is 0. The molecule has 0 unspecified atom stereocenters. The second kappa shape index (κ2) is 3.92. The first kappa shape index (κ1) is 9.87. The Kier molecular flexibility index (Phi) is 2.42. The Morgan fingerprint density at radius 2 is 1.81 bits per heavy atom. The van der Waals surface area contributed by atoms with Crippen molar-refractivity contribution in [2.24, 2.45) is 0 Å². The number of thiol groups is 1. The highest BCUT2D eigenvalue weighted by atomic mass is 32.1. The highest BCUT2D eigenvalue weighted by Crippen LogP contribution is 2.27. The van der Waals surface area contributed by atoms with Gasteiger partial charge in [-0.15, -0.1) is 24.0 Å². The topological polar surface area (TPSA) is 12.9 Å². The van der Waals surface area contributed by atoms with E-state index in [4.69, 9.17) is 0 Å². The molecule has 0 aliphatic carbocycles. The molecule has 0 atom stereocenters. The summed E-state index contributed by atoms with van der Waals surface area (Å²) in [5.74, 6) is 0. The van der Waals surface area contributed by atoms with Gasteiger partial charge in [0.05, 0.1) is 0 Å². The average Bonchev–Trinajstić information content (AvgIpc) is 2.75. The summed E-state index contributed by atoms with van der Waals surface area (Å²) in [5, 5.41) is 6.27. The molecule has 3 aromatic rings. The molecule has 0 aliphatic heterocycles. The Morgan fingerprint density at radius 1 is 1.00 bits per heavy atom. The number of nitrogens with zero attached hydrogens (tertiary/aromatic N) is 1. The average molecular weight is 243 g/mol. The van der Waals surface area contributed by atoms with Gasteiger partial charge in [0.25, 0.3) is 0 Å². The summed E-state index contributed by atoms with van der Waals surface area (Å²) < 4.78 is 0. The van der Waals surface area contributed by atoms with E-state index in [-0.39, 0.29) is 0 Å². The van der Waals surface area contributed by atoms with Crippen molar-refractivity contribution in [3.8, 4) is 10.6 Å². The van der Waals surface area contributed by atoms with E-state index in [1.807, 2.05) is 5.38 Å². The molecular formula is C13H9NS2. The summed E-state index contributed by atoms with van der Waals surface area (Å²) in [5.41, 5.74) is 1.16. The Bertz CT molecular complexity index is 643. The fraction of sp³-hybridized carbons (Fsp3) is 0. The minimum Gasteiger partial charge on any atom is -0.230 e. The van der Waals surface area contributed by atoms with Gasteiger partial charge in [0, 0.05) is 10.9 Å². The van der Waals surface area contributed by atoms with Crippen molar-refractivity contribution in [3.63, 3.8) is 0 Å². The van der Waals surface area contributed by atoms with Crippen molar-refractivity contribution in [1.29, 1.82) is 0 Å². The van der Waals surface area contributed by atoms with E-state index < -0.39 is 0 Å². The fourth-order valence-corrected chi connectivity index (χ4v) is 2.73. The third-order valence-corrected chi connectivity index (χ3v) is 3.78. The van der Waals surface area contributed by atoms with Crippen LogP contribution in [0.25, 0.3) is 21.3 Å². The first-order chi connectivity index (χ1) is 7.83. The quantitative estimate of drug-likeness (QED) is 0.630. The first-order valence-electron chi connectivity index (χ1n) is 4.96. The molecule has 0 bridgehead atoms. The molecular weight excluding hydrogens is 234 g/mol. The van der Waals surface area contributed by atoms with E-state index in [0.717, 1.165) is 15.6 Å². The molecule has 0 saturated heterocycles. The lowest BCUT2D eigenvalue weighted by Crippen LogP contribution is -1.77. The zero-order valence-corrected chi connectivity index (χ0v) is 10.1. The lowest BCUT2D eigenvalue weighted by atomic mass is 10.1. The molecule has 3 heteroatoms. The smallest absolute Gasteiger partial charge is 0.124 e. The molecule has 1 aromatic heterocycles. The maximum Gasteiger partial charge on any atom is 0.124 e. The molecule has 2 aromatic carbocycles. The van der Waals surface area contributed by atoms with Gasteiger partial charge in [0.2, 0.25) is 0 Å². The van der Waals surface area contributed by atoms with Crippen molar-refractivity contribution in [1.82, 2.24) is 4.98 Å². The van der Waals surface area contributed by atoms with Gasteiger partial charge in [-0.05, 0) is 16.8 Å². The monoisotopic (exact) mass is 243 g/mol. The molecule has 0 N–H and O–H groups in total. The molecule has 0 saturated carbocycles. The van der Waals surface area contributed by atoms with Gasteiger partial charge in [0.1, 0.15) is 10.0 Å². The van der Waals surface area contributed by atoms with Crippen LogP contribution in [0.2, 0.25) is 0 Å². The maximum absolute atomic E-state index is 4.37. The van der Waals surface area contributed by atoms with Crippen LogP contribution in [0, 0.1) is 0 Å². The van der Waals surface area contributed by atoms with Crippen molar-refractivity contribution in [2.75, 3.05) is 0 Å². The molecule has 0 radical (unpaired) electrons. The zero-order chi connectivity index (χ0) is 11.0. The van der Waals surface area contributed by atoms with Gasteiger partial charge in [-0.1, -0.05) is 36.4 Å². The lowest BCUT2D eigenvalue weighted by Gasteiger charge is -2.00. The number of thiazole rings is 1. The summed E-state index contributed by atoms with van der Waals surface area (Å²) in [6.45, 7) is 0. The lowest BCUT2D eigenvalue weighted by molar-refractivity contribution is 1.22. The molecule has 1 heterocycles.